The molecule has 0 aliphatic rings. The summed E-state index contributed by atoms with van der Waals surface area (Å²) < 4.78 is 7.42. The van der Waals surface area contributed by atoms with Crippen molar-refractivity contribution in [1.82, 2.24) is 14.8 Å². The van der Waals surface area contributed by atoms with E-state index in [0.29, 0.717) is 38.3 Å². The fourth-order valence-corrected chi connectivity index (χ4v) is 4.72. The number of ether oxygens (including phenoxy) is 1. The molecule has 0 unspecified atom stereocenters. The van der Waals surface area contributed by atoms with Gasteiger partial charge in [-0.3, -0.25) is 9.36 Å². The van der Waals surface area contributed by atoms with Crippen LogP contribution in [0.5, 0.6) is 5.75 Å². The number of rotatable bonds is 8. The van der Waals surface area contributed by atoms with E-state index in [4.69, 9.17) is 39.5 Å². The first-order chi connectivity index (χ1) is 16.4. The van der Waals surface area contributed by atoms with Gasteiger partial charge in [0, 0.05) is 27.0 Å². The van der Waals surface area contributed by atoms with Crippen LogP contribution in [0.25, 0.3) is 17.1 Å². The van der Waals surface area contributed by atoms with Crippen molar-refractivity contribution >= 4 is 58.2 Å². The Morgan fingerprint density at radius 2 is 1.71 bits per heavy atom. The molecule has 0 atom stereocenters. The minimum atomic E-state index is -0.233. The molecule has 0 bridgehead atoms. The van der Waals surface area contributed by atoms with E-state index in [-0.39, 0.29) is 11.7 Å². The van der Waals surface area contributed by atoms with Gasteiger partial charge < -0.3 is 10.1 Å². The van der Waals surface area contributed by atoms with E-state index in [1.54, 1.807) is 24.3 Å². The van der Waals surface area contributed by atoms with Crippen LogP contribution in [-0.2, 0) is 4.79 Å². The van der Waals surface area contributed by atoms with Crippen LogP contribution >= 0.6 is 46.6 Å². The molecule has 34 heavy (non-hydrogen) atoms. The van der Waals surface area contributed by atoms with Gasteiger partial charge in [0.05, 0.1) is 17.4 Å². The first-order valence-corrected chi connectivity index (χ1v) is 12.4. The van der Waals surface area contributed by atoms with Crippen LogP contribution in [0.4, 0.5) is 5.69 Å². The van der Waals surface area contributed by atoms with Gasteiger partial charge in [0.25, 0.3) is 0 Å². The van der Waals surface area contributed by atoms with E-state index < -0.39 is 0 Å². The van der Waals surface area contributed by atoms with E-state index in [0.717, 1.165) is 17.0 Å². The molecular formula is C24H19Cl3N4O2S. The first kappa shape index (κ1) is 24.4. The molecule has 1 N–H and O–H groups in total. The average molecular weight is 534 g/mol. The Morgan fingerprint density at radius 1 is 1.00 bits per heavy atom. The summed E-state index contributed by atoms with van der Waals surface area (Å²) in [6.07, 6.45) is 0. The summed E-state index contributed by atoms with van der Waals surface area (Å²) in [5.41, 5.74) is 2.07. The maximum atomic E-state index is 12.6. The van der Waals surface area contributed by atoms with Crippen molar-refractivity contribution < 1.29 is 9.53 Å². The molecule has 10 heteroatoms. The Hall–Kier alpha value is -2.71. The minimum absolute atomic E-state index is 0.0990. The molecule has 4 aromatic rings. The van der Waals surface area contributed by atoms with Crippen LogP contribution in [0.1, 0.15) is 6.92 Å². The SMILES string of the molecule is CCOc1ccc(-n2c(SCC(=O)Nc3cc(Cl)cc(Cl)c3)nnc2-c2ccccc2Cl)cc1. The first-order valence-electron chi connectivity index (χ1n) is 10.3. The highest BCUT2D eigenvalue weighted by Gasteiger charge is 2.19. The van der Waals surface area contributed by atoms with E-state index in [9.17, 15) is 4.79 Å². The number of hydrogen-bond acceptors (Lipinski definition) is 5. The number of amides is 1. The third-order valence-electron chi connectivity index (χ3n) is 4.63. The largest absolute Gasteiger partial charge is 0.494 e. The third kappa shape index (κ3) is 5.85. The maximum absolute atomic E-state index is 12.6. The van der Waals surface area contributed by atoms with Crippen molar-refractivity contribution in [2.75, 3.05) is 17.7 Å². The monoisotopic (exact) mass is 532 g/mol. The molecule has 0 spiro atoms. The maximum Gasteiger partial charge on any atom is 0.234 e. The van der Waals surface area contributed by atoms with Gasteiger partial charge in [0.15, 0.2) is 11.0 Å². The second-order valence-electron chi connectivity index (χ2n) is 7.04. The van der Waals surface area contributed by atoms with Crippen molar-refractivity contribution in [3.8, 4) is 22.8 Å². The fourth-order valence-electron chi connectivity index (χ4n) is 3.22. The van der Waals surface area contributed by atoms with E-state index in [1.165, 1.54) is 11.8 Å². The van der Waals surface area contributed by atoms with Crippen molar-refractivity contribution in [1.29, 1.82) is 0 Å². The van der Waals surface area contributed by atoms with Gasteiger partial charge in [-0.25, -0.2) is 0 Å². The Balaban J connectivity index is 1.61. The van der Waals surface area contributed by atoms with Crippen molar-refractivity contribution in [3.63, 3.8) is 0 Å². The predicted octanol–water partition coefficient (Wildman–Crippen LogP) is 7.02. The highest BCUT2D eigenvalue weighted by Crippen LogP contribution is 2.32. The van der Waals surface area contributed by atoms with E-state index in [2.05, 4.69) is 15.5 Å². The number of halogens is 3. The Morgan fingerprint density at radius 3 is 2.38 bits per heavy atom. The smallest absolute Gasteiger partial charge is 0.234 e. The highest BCUT2D eigenvalue weighted by atomic mass is 35.5. The van der Waals surface area contributed by atoms with Crippen molar-refractivity contribution in [3.05, 3.63) is 81.8 Å². The summed E-state index contributed by atoms with van der Waals surface area (Å²) in [6, 6.07) is 19.8. The number of carbonyl (C=O) groups is 1. The Bertz CT molecular complexity index is 1290. The number of carbonyl (C=O) groups excluding carboxylic acids is 1. The zero-order chi connectivity index (χ0) is 24.1. The minimum Gasteiger partial charge on any atom is -0.494 e. The molecule has 0 aliphatic heterocycles. The third-order valence-corrected chi connectivity index (χ3v) is 6.33. The predicted molar refractivity (Wildman–Crippen MR) is 139 cm³/mol. The molecule has 6 nitrogen and oxygen atoms in total. The molecule has 0 fully saturated rings. The Kier molecular flexibility index (Phi) is 8.00. The van der Waals surface area contributed by atoms with Gasteiger partial charge in [0.1, 0.15) is 5.75 Å². The number of nitrogens with zero attached hydrogens (tertiary/aromatic N) is 3. The lowest BCUT2D eigenvalue weighted by atomic mass is 10.2. The van der Waals surface area contributed by atoms with Crippen molar-refractivity contribution in [2.45, 2.75) is 12.1 Å². The second-order valence-corrected chi connectivity index (χ2v) is 9.27. The highest BCUT2D eigenvalue weighted by molar-refractivity contribution is 7.99. The van der Waals surface area contributed by atoms with Gasteiger partial charge in [0.2, 0.25) is 5.91 Å². The van der Waals surface area contributed by atoms with Crippen LogP contribution < -0.4 is 10.1 Å². The van der Waals surface area contributed by atoms with Crippen LogP contribution in [-0.4, -0.2) is 33.0 Å². The van der Waals surface area contributed by atoms with Crippen LogP contribution in [0.2, 0.25) is 15.1 Å². The van der Waals surface area contributed by atoms with Gasteiger partial charge in [-0.1, -0.05) is 58.7 Å². The summed E-state index contributed by atoms with van der Waals surface area (Å²) in [7, 11) is 0. The van der Waals surface area contributed by atoms with Crippen LogP contribution in [0, 0.1) is 0 Å². The zero-order valence-electron chi connectivity index (χ0n) is 18.0. The lowest BCUT2D eigenvalue weighted by Crippen LogP contribution is -2.14. The number of thioether (sulfide) groups is 1. The standard InChI is InChI=1S/C24H19Cl3N4O2S/c1-2-33-19-9-7-18(8-10-19)31-23(20-5-3-4-6-21(20)27)29-30-24(31)34-14-22(32)28-17-12-15(25)11-16(26)13-17/h3-13H,2,14H2,1H3,(H,28,32). The lowest BCUT2D eigenvalue weighted by Gasteiger charge is -2.12. The number of nitrogens with one attached hydrogen (secondary N) is 1. The number of anilines is 1. The summed E-state index contributed by atoms with van der Waals surface area (Å²) in [5.74, 6) is 1.19. The lowest BCUT2D eigenvalue weighted by molar-refractivity contribution is -0.113. The van der Waals surface area contributed by atoms with Crippen molar-refractivity contribution in [2.24, 2.45) is 0 Å². The van der Waals surface area contributed by atoms with Gasteiger partial charge in [-0.2, -0.15) is 0 Å². The van der Waals surface area contributed by atoms with Gasteiger partial charge >= 0.3 is 0 Å². The molecule has 0 saturated heterocycles. The summed E-state index contributed by atoms with van der Waals surface area (Å²) in [6.45, 7) is 2.51. The molecule has 1 amide bonds. The molecule has 4 rings (SSSR count). The van der Waals surface area contributed by atoms with Crippen LogP contribution in [0.3, 0.4) is 0 Å². The molecule has 1 aromatic heterocycles. The summed E-state index contributed by atoms with van der Waals surface area (Å²) in [4.78, 5) is 12.6. The topological polar surface area (TPSA) is 69.0 Å². The van der Waals surface area contributed by atoms with Crippen LogP contribution in [0.15, 0.2) is 71.9 Å². The molecular weight excluding hydrogens is 515 g/mol. The molecule has 174 valence electrons. The molecule has 0 saturated carbocycles. The number of hydrogen-bond donors (Lipinski definition) is 1. The summed E-state index contributed by atoms with van der Waals surface area (Å²) >= 11 is 19.7. The van der Waals surface area contributed by atoms with E-state index >= 15 is 0 Å². The number of benzene rings is 3. The molecule has 0 aliphatic carbocycles. The Labute approximate surface area is 216 Å². The van der Waals surface area contributed by atoms with E-state index in [1.807, 2.05) is 54.0 Å². The molecule has 0 radical (unpaired) electrons. The quantitative estimate of drug-likeness (QED) is 0.246. The zero-order valence-corrected chi connectivity index (χ0v) is 21.0. The normalized spacial score (nSPS) is 10.8. The molecule has 1 heterocycles. The van der Waals surface area contributed by atoms with Gasteiger partial charge in [-0.05, 0) is 61.5 Å². The average Bonchev–Trinajstić information content (AvgIpc) is 3.22. The fraction of sp³-hybridized carbons (Fsp3) is 0.125. The summed E-state index contributed by atoms with van der Waals surface area (Å²) in [5, 5.41) is 13.5. The van der Waals surface area contributed by atoms with Gasteiger partial charge in [-0.15, -0.1) is 10.2 Å². The second kappa shape index (κ2) is 11.1. The number of aromatic nitrogens is 3. The molecule has 3 aromatic carbocycles.